The summed E-state index contributed by atoms with van der Waals surface area (Å²) in [4.78, 5) is 9.84. The number of nitrogens with one attached hydrogen (secondary N) is 1. The smallest absolute Gasteiger partial charge is 0.270 e. The highest BCUT2D eigenvalue weighted by atomic mass is 32.2. The average Bonchev–Trinajstić information content (AvgIpc) is 2.37. The SMILES string of the molecule is CCC(C)CC(C)NS(=O)(=O)c1cc([N+](=O)[O-])ccc1N. The molecule has 0 aliphatic heterocycles. The molecule has 0 fully saturated rings. The van der Waals surface area contributed by atoms with Crippen LogP contribution in [-0.4, -0.2) is 19.4 Å². The fourth-order valence-corrected chi connectivity index (χ4v) is 3.42. The molecule has 0 saturated carbocycles. The maximum atomic E-state index is 12.3. The first-order valence-corrected chi connectivity index (χ1v) is 8.22. The number of nitro groups is 1. The first kappa shape index (κ1) is 17.4. The van der Waals surface area contributed by atoms with Crippen molar-refractivity contribution in [3.05, 3.63) is 28.3 Å². The number of benzene rings is 1. The first-order valence-electron chi connectivity index (χ1n) is 6.73. The van der Waals surface area contributed by atoms with Crippen LogP contribution in [0.3, 0.4) is 0 Å². The van der Waals surface area contributed by atoms with Gasteiger partial charge in [0, 0.05) is 18.2 Å². The Kier molecular flexibility index (Phi) is 5.68. The summed E-state index contributed by atoms with van der Waals surface area (Å²) in [5.74, 6) is 0.380. The second-order valence-electron chi connectivity index (χ2n) is 5.25. The molecule has 0 heterocycles. The molecule has 0 bridgehead atoms. The van der Waals surface area contributed by atoms with Gasteiger partial charge in [-0.2, -0.15) is 0 Å². The van der Waals surface area contributed by atoms with Gasteiger partial charge < -0.3 is 5.73 Å². The van der Waals surface area contributed by atoms with E-state index in [0.717, 1.165) is 12.5 Å². The van der Waals surface area contributed by atoms with E-state index in [9.17, 15) is 18.5 Å². The highest BCUT2D eigenvalue weighted by molar-refractivity contribution is 7.89. The van der Waals surface area contributed by atoms with Gasteiger partial charge in [-0.05, 0) is 25.3 Å². The van der Waals surface area contributed by atoms with Gasteiger partial charge in [-0.3, -0.25) is 10.1 Å². The molecule has 1 aromatic rings. The number of hydrogen-bond donors (Lipinski definition) is 2. The number of hydrogen-bond acceptors (Lipinski definition) is 5. The molecule has 0 aromatic heterocycles. The van der Waals surface area contributed by atoms with Crippen molar-refractivity contribution in [1.82, 2.24) is 4.72 Å². The van der Waals surface area contributed by atoms with E-state index in [-0.39, 0.29) is 22.3 Å². The van der Waals surface area contributed by atoms with Gasteiger partial charge in [-0.1, -0.05) is 20.3 Å². The lowest BCUT2D eigenvalue weighted by molar-refractivity contribution is -0.385. The summed E-state index contributed by atoms with van der Waals surface area (Å²) < 4.78 is 27.1. The fraction of sp³-hybridized carbons (Fsp3) is 0.538. The molecule has 1 aromatic carbocycles. The van der Waals surface area contributed by atoms with E-state index in [1.807, 2.05) is 13.8 Å². The van der Waals surface area contributed by atoms with E-state index >= 15 is 0 Å². The third-order valence-electron chi connectivity index (χ3n) is 3.31. The number of nitrogens with zero attached hydrogens (tertiary/aromatic N) is 1. The van der Waals surface area contributed by atoms with Crippen molar-refractivity contribution in [3.8, 4) is 0 Å². The molecular formula is C13H21N3O4S. The molecule has 0 spiro atoms. The molecular weight excluding hydrogens is 294 g/mol. The van der Waals surface area contributed by atoms with Gasteiger partial charge in [0.2, 0.25) is 10.0 Å². The van der Waals surface area contributed by atoms with Crippen LogP contribution in [0.1, 0.15) is 33.6 Å². The maximum Gasteiger partial charge on any atom is 0.270 e. The van der Waals surface area contributed by atoms with E-state index < -0.39 is 14.9 Å². The lowest BCUT2D eigenvalue weighted by Gasteiger charge is -2.18. The van der Waals surface area contributed by atoms with Crippen molar-refractivity contribution < 1.29 is 13.3 Å². The molecule has 0 amide bonds. The highest BCUT2D eigenvalue weighted by Gasteiger charge is 2.23. The van der Waals surface area contributed by atoms with Crippen molar-refractivity contribution in [2.75, 3.05) is 5.73 Å². The molecule has 2 unspecified atom stereocenters. The largest absolute Gasteiger partial charge is 0.398 e. The molecule has 118 valence electrons. The van der Waals surface area contributed by atoms with Crippen molar-refractivity contribution in [1.29, 1.82) is 0 Å². The molecule has 8 heteroatoms. The fourth-order valence-electron chi connectivity index (χ4n) is 2.02. The number of anilines is 1. The van der Waals surface area contributed by atoms with Crippen LogP contribution in [-0.2, 0) is 10.0 Å². The van der Waals surface area contributed by atoms with Crippen LogP contribution in [0.4, 0.5) is 11.4 Å². The topological polar surface area (TPSA) is 115 Å². The lowest BCUT2D eigenvalue weighted by Crippen LogP contribution is -2.34. The van der Waals surface area contributed by atoms with Crippen molar-refractivity contribution in [3.63, 3.8) is 0 Å². The Bertz CT molecular complexity index is 616. The third-order valence-corrected chi connectivity index (χ3v) is 4.95. The zero-order chi connectivity index (χ0) is 16.2. The van der Waals surface area contributed by atoms with Crippen LogP contribution < -0.4 is 10.5 Å². The Morgan fingerprint density at radius 1 is 1.38 bits per heavy atom. The summed E-state index contributed by atoms with van der Waals surface area (Å²) in [7, 11) is -3.88. The van der Waals surface area contributed by atoms with Crippen LogP contribution in [0.25, 0.3) is 0 Å². The Morgan fingerprint density at radius 2 is 2.00 bits per heavy atom. The molecule has 0 aliphatic carbocycles. The molecule has 1 rings (SSSR count). The highest BCUT2D eigenvalue weighted by Crippen LogP contribution is 2.24. The zero-order valence-electron chi connectivity index (χ0n) is 12.4. The molecule has 0 radical (unpaired) electrons. The number of nitro benzene ring substituents is 1. The average molecular weight is 315 g/mol. The summed E-state index contributed by atoms with van der Waals surface area (Å²) in [5, 5.41) is 10.7. The summed E-state index contributed by atoms with van der Waals surface area (Å²) in [6, 6.07) is 3.11. The molecule has 3 N–H and O–H groups in total. The summed E-state index contributed by atoms with van der Waals surface area (Å²) in [6.45, 7) is 5.83. The van der Waals surface area contributed by atoms with Gasteiger partial charge in [0.15, 0.2) is 0 Å². The Balaban J connectivity index is 3.02. The maximum absolute atomic E-state index is 12.3. The monoisotopic (exact) mass is 315 g/mol. The van der Waals surface area contributed by atoms with E-state index in [1.165, 1.54) is 12.1 Å². The van der Waals surface area contributed by atoms with Crippen LogP contribution in [0.15, 0.2) is 23.1 Å². The number of sulfonamides is 1. The zero-order valence-corrected chi connectivity index (χ0v) is 13.2. The van der Waals surface area contributed by atoms with Gasteiger partial charge in [0.05, 0.1) is 10.6 Å². The van der Waals surface area contributed by atoms with Crippen LogP contribution in [0.2, 0.25) is 0 Å². The van der Waals surface area contributed by atoms with Gasteiger partial charge in [-0.25, -0.2) is 13.1 Å². The van der Waals surface area contributed by atoms with Crippen molar-refractivity contribution >= 4 is 21.4 Å². The second kappa shape index (κ2) is 6.86. The standard InChI is InChI=1S/C13H21N3O4S/c1-4-9(2)7-10(3)15-21(19,20)13-8-11(16(17)18)5-6-12(13)14/h5-6,8-10,15H,4,7,14H2,1-3H3. The summed E-state index contributed by atoms with van der Waals surface area (Å²) in [5.41, 5.74) is 5.32. The minimum absolute atomic E-state index is 0.0103. The Morgan fingerprint density at radius 3 is 2.52 bits per heavy atom. The van der Waals surface area contributed by atoms with Gasteiger partial charge >= 0.3 is 0 Å². The van der Waals surface area contributed by atoms with Crippen LogP contribution >= 0.6 is 0 Å². The second-order valence-corrected chi connectivity index (χ2v) is 6.93. The molecule has 0 saturated heterocycles. The predicted octanol–water partition coefficient (Wildman–Crippen LogP) is 2.28. The van der Waals surface area contributed by atoms with Crippen LogP contribution in [0, 0.1) is 16.0 Å². The van der Waals surface area contributed by atoms with Gasteiger partial charge in [0.1, 0.15) is 4.90 Å². The first-order chi connectivity index (χ1) is 9.67. The predicted molar refractivity (Wildman–Crippen MR) is 81.4 cm³/mol. The number of nitrogen functional groups attached to an aromatic ring is 1. The van der Waals surface area contributed by atoms with Gasteiger partial charge in [0.25, 0.3) is 5.69 Å². The molecule has 21 heavy (non-hydrogen) atoms. The Hall–Kier alpha value is -1.67. The van der Waals surface area contributed by atoms with E-state index in [1.54, 1.807) is 6.92 Å². The normalized spacial score (nSPS) is 14.6. The summed E-state index contributed by atoms with van der Waals surface area (Å²) in [6.07, 6.45) is 1.63. The van der Waals surface area contributed by atoms with Crippen molar-refractivity contribution in [2.45, 2.75) is 44.6 Å². The third kappa shape index (κ3) is 4.68. The molecule has 7 nitrogen and oxygen atoms in total. The Labute approximate surface area is 124 Å². The number of rotatable bonds is 7. The molecule has 2 atom stereocenters. The quantitative estimate of drug-likeness (QED) is 0.455. The van der Waals surface area contributed by atoms with Crippen LogP contribution in [0.5, 0.6) is 0 Å². The summed E-state index contributed by atoms with van der Waals surface area (Å²) >= 11 is 0. The van der Waals surface area contributed by atoms with Gasteiger partial charge in [-0.15, -0.1) is 0 Å². The molecule has 0 aliphatic rings. The van der Waals surface area contributed by atoms with E-state index in [4.69, 9.17) is 5.73 Å². The number of nitrogens with two attached hydrogens (primary N) is 1. The lowest BCUT2D eigenvalue weighted by atomic mass is 10.0. The van der Waals surface area contributed by atoms with Crippen molar-refractivity contribution in [2.24, 2.45) is 5.92 Å². The number of non-ortho nitro benzene ring substituents is 1. The van der Waals surface area contributed by atoms with E-state index in [0.29, 0.717) is 12.3 Å². The minimum atomic E-state index is -3.88. The van der Waals surface area contributed by atoms with E-state index in [2.05, 4.69) is 4.72 Å². The minimum Gasteiger partial charge on any atom is -0.398 e.